The highest BCUT2D eigenvalue weighted by Gasteiger charge is 2.07. The van der Waals surface area contributed by atoms with Gasteiger partial charge in [0, 0.05) is 11.8 Å². The molecule has 16 heavy (non-hydrogen) atoms. The van der Waals surface area contributed by atoms with Crippen LogP contribution in [0, 0.1) is 13.8 Å². The van der Waals surface area contributed by atoms with E-state index in [1.165, 1.54) is 5.56 Å². The van der Waals surface area contributed by atoms with E-state index in [0.29, 0.717) is 15.5 Å². The van der Waals surface area contributed by atoms with Crippen molar-refractivity contribution in [3.05, 3.63) is 45.1 Å². The first-order chi connectivity index (χ1) is 7.58. The number of halogens is 2. The van der Waals surface area contributed by atoms with Crippen LogP contribution in [-0.4, -0.2) is 9.97 Å². The summed E-state index contributed by atoms with van der Waals surface area (Å²) in [6.07, 6.45) is 1.67. The highest BCUT2D eigenvalue weighted by atomic mass is 79.9. The van der Waals surface area contributed by atoms with Crippen LogP contribution >= 0.6 is 27.5 Å². The van der Waals surface area contributed by atoms with Gasteiger partial charge in [-0.25, -0.2) is 9.97 Å². The molecule has 0 spiro atoms. The van der Waals surface area contributed by atoms with Crippen molar-refractivity contribution >= 4 is 27.5 Å². The summed E-state index contributed by atoms with van der Waals surface area (Å²) in [5.41, 5.74) is 3.39. The molecule has 0 fully saturated rings. The lowest BCUT2D eigenvalue weighted by molar-refractivity contribution is 1.15. The number of hydrogen-bond acceptors (Lipinski definition) is 2. The highest BCUT2D eigenvalue weighted by Crippen LogP contribution is 2.25. The van der Waals surface area contributed by atoms with Crippen LogP contribution in [-0.2, 0) is 0 Å². The maximum absolute atomic E-state index is 5.95. The predicted octanol–water partition coefficient (Wildman–Crippen LogP) is 4.18. The Kier molecular flexibility index (Phi) is 3.26. The standard InChI is InChI=1S/C12H10BrClN2/c1-7-3-4-9(8(2)5-7)12-15-6-10(13)11(14)16-12/h3-6H,1-2H3. The number of rotatable bonds is 1. The van der Waals surface area contributed by atoms with Crippen LogP contribution in [0.5, 0.6) is 0 Å². The summed E-state index contributed by atoms with van der Waals surface area (Å²) in [5, 5.41) is 0.435. The molecule has 0 aliphatic rings. The van der Waals surface area contributed by atoms with Crippen LogP contribution in [0.25, 0.3) is 11.4 Å². The predicted molar refractivity (Wildman–Crippen MR) is 69.7 cm³/mol. The summed E-state index contributed by atoms with van der Waals surface area (Å²) < 4.78 is 0.711. The van der Waals surface area contributed by atoms with Crippen LogP contribution in [0.15, 0.2) is 28.9 Å². The minimum atomic E-state index is 0.435. The van der Waals surface area contributed by atoms with Gasteiger partial charge in [0.25, 0.3) is 0 Å². The highest BCUT2D eigenvalue weighted by molar-refractivity contribution is 9.10. The minimum Gasteiger partial charge on any atom is -0.235 e. The summed E-state index contributed by atoms with van der Waals surface area (Å²) >= 11 is 9.22. The van der Waals surface area contributed by atoms with Gasteiger partial charge >= 0.3 is 0 Å². The van der Waals surface area contributed by atoms with E-state index >= 15 is 0 Å². The summed E-state index contributed by atoms with van der Waals surface area (Å²) in [6.45, 7) is 4.10. The molecule has 82 valence electrons. The molecule has 1 aromatic heterocycles. The van der Waals surface area contributed by atoms with Gasteiger partial charge in [0.1, 0.15) is 5.15 Å². The van der Waals surface area contributed by atoms with E-state index in [4.69, 9.17) is 11.6 Å². The van der Waals surface area contributed by atoms with Gasteiger partial charge in [-0.2, -0.15) is 0 Å². The molecule has 0 saturated carbocycles. The van der Waals surface area contributed by atoms with E-state index < -0.39 is 0 Å². The molecule has 0 aliphatic heterocycles. The SMILES string of the molecule is Cc1ccc(-c2ncc(Br)c(Cl)n2)c(C)c1. The molecule has 2 rings (SSSR count). The van der Waals surface area contributed by atoms with E-state index in [9.17, 15) is 0 Å². The first-order valence-electron chi connectivity index (χ1n) is 4.83. The van der Waals surface area contributed by atoms with Crippen molar-refractivity contribution in [2.75, 3.05) is 0 Å². The Morgan fingerprint density at radius 1 is 1.25 bits per heavy atom. The van der Waals surface area contributed by atoms with Crippen molar-refractivity contribution in [1.82, 2.24) is 9.97 Å². The van der Waals surface area contributed by atoms with Crippen molar-refractivity contribution in [3.8, 4) is 11.4 Å². The number of aryl methyl sites for hydroxylation is 2. The third kappa shape index (κ3) is 2.25. The minimum absolute atomic E-state index is 0.435. The second-order valence-corrected chi connectivity index (χ2v) is 4.86. The maximum atomic E-state index is 5.95. The lowest BCUT2D eigenvalue weighted by Crippen LogP contribution is -1.92. The van der Waals surface area contributed by atoms with E-state index in [1.807, 2.05) is 19.1 Å². The zero-order valence-electron chi connectivity index (χ0n) is 8.96. The molecule has 0 amide bonds. The monoisotopic (exact) mass is 296 g/mol. The molecule has 0 N–H and O–H groups in total. The quantitative estimate of drug-likeness (QED) is 0.738. The van der Waals surface area contributed by atoms with Crippen molar-refractivity contribution < 1.29 is 0 Å². The van der Waals surface area contributed by atoms with E-state index in [1.54, 1.807) is 6.20 Å². The molecule has 0 saturated heterocycles. The van der Waals surface area contributed by atoms with E-state index in [0.717, 1.165) is 11.1 Å². The Hall–Kier alpha value is -0.930. The van der Waals surface area contributed by atoms with Crippen molar-refractivity contribution in [2.45, 2.75) is 13.8 Å². The lowest BCUT2D eigenvalue weighted by Gasteiger charge is -2.06. The average molecular weight is 298 g/mol. The lowest BCUT2D eigenvalue weighted by atomic mass is 10.1. The summed E-state index contributed by atoms with van der Waals surface area (Å²) in [4.78, 5) is 8.50. The van der Waals surface area contributed by atoms with Crippen molar-refractivity contribution in [2.24, 2.45) is 0 Å². The number of nitrogens with zero attached hydrogens (tertiary/aromatic N) is 2. The van der Waals surface area contributed by atoms with Gasteiger partial charge in [0.2, 0.25) is 0 Å². The molecular weight excluding hydrogens is 288 g/mol. The van der Waals surface area contributed by atoms with Gasteiger partial charge in [-0.15, -0.1) is 0 Å². The fourth-order valence-corrected chi connectivity index (χ4v) is 1.86. The first-order valence-corrected chi connectivity index (χ1v) is 6.00. The number of aromatic nitrogens is 2. The maximum Gasteiger partial charge on any atom is 0.161 e. The molecule has 2 nitrogen and oxygen atoms in total. The molecule has 0 atom stereocenters. The number of hydrogen-bond donors (Lipinski definition) is 0. The van der Waals surface area contributed by atoms with Gasteiger partial charge in [-0.3, -0.25) is 0 Å². The number of benzene rings is 1. The molecule has 1 heterocycles. The fraction of sp³-hybridized carbons (Fsp3) is 0.167. The molecule has 0 radical (unpaired) electrons. The van der Waals surface area contributed by atoms with Gasteiger partial charge in [-0.1, -0.05) is 35.4 Å². The molecule has 0 bridgehead atoms. The third-order valence-corrected chi connectivity index (χ3v) is 3.42. The normalized spacial score (nSPS) is 10.5. The van der Waals surface area contributed by atoms with Crippen LogP contribution in [0.4, 0.5) is 0 Å². The van der Waals surface area contributed by atoms with Crippen LogP contribution in [0.1, 0.15) is 11.1 Å². The molecular formula is C12H10BrClN2. The largest absolute Gasteiger partial charge is 0.235 e. The smallest absolute Gasteiger partial charge is 0.161 e. The van der Waals surface area contributed by atoms with Gasteiger partial charge in [0.15, 0.2) is 5.82 Å². The molecule has 0 unspecified atom stereocenters. The average Bonchev–Trinajstić information content (AvgIpc) is 2.22. The van der Waals surface area contributed by atoms with Crippen molar-refractivity contribution in [1.29, 1.82) is 0 Å². The summed E-state index contributed by atoms with van der Waals surface area (Å²) in [6, 6.07) is 6.17. The fourth-order valence-electron chi connectivity index (χ4n) is 1.54. The first kappa shape index (κ1) is 11.6. The molecule has 2 aromatic rings. The summed E-state index contributed by atoms with van der Waals surface area (Å²) in [5.74, 6) is 0.658. The van der Waals surface area contributed by atoms with E-state index in [-0.39, 0.29) is 0 Å². The van der Waals surface area contributed by atoms with Gasteiger partial charge in [0.05, 0.1) is 4.47 Å². The molecule has 4 heteroatoms. The van der Waals surface area contributed by atoms with Crippen LogP contribution < -0.4 is 0 Å². The Bertz CT molecular complexity index is 541. The van der Waals surface area contributed by atoms with Gasteiger partial charge in [-0.05, 0) is 35.3 Å². The molecule has 0 aliphatic carbocycles. The van der Waals surface area contributed by atoms with Crippen LogP contribution in [0.2, 0.25) is 5.15 Å². The third-order valence-electron chi connectivity index (χ3n) is 2.32. The second kappa shape index (κ2) is 4.52. The van der Waals surface area contributed by atoms with Crippen LogP contribution in [0.3, 0.4) is 0 Å². The Balaban J connectivity index is 2.54. The Morgan fingerprint density at radius 3 is 2.62 bits per heavy atom. The molecule has 1 aromatic carbocycles. The van der Waals surface area contributed by atoms with Crippen molar-refractivity contribution in [3.63, 3.8) is 0 Å². The topological polar surface area (TPSA) is 25.8 Å². The zero-order valence-corrected chi connectivity index (χ0v) is 11.3. The van der Waals surface area contributed by atoms with E-state index in [2.05, 4.69) is 38.9 Å². The van der Waals surface area contributed by atoms with Gasteiger partial charge < -0.3 is 0 Å². The Labute approximate surface area is 108 Å². The zero-order chi connectivity index (χ0) is 11.7. The summed E-state index contributed by atoms with van der Waals surface area (Å²) in [7, 11) is 0. The Morgan fingerprint density at radius 2 is 2.00 bits per heavy atom. The second-order valence-electron chi connectivity index (χ2n) is 3.65.